The van der Waals surface area contributed by atoms with Crippen molar-refractivity contribution in [2.45, 2.75) is 52.6 Å². The molecular weight excluding hydrogens is 272 g/mol. The Labute approximate surface area is 137 Å². The highest BCUT2D eigenvalue weighted by atomic mass is 15.4. The maximum Gasteiger partial charge on any atom is 0.0507 e. The van der Waals surface area contributed by atoms with Gasteiger partial charge in [-0.05, 0) is 59.0 Å². The molecule has 0 bridgehead atoms. The van der Waals surface area contributed by atoms with Crippen molar-refractivity contribution in [3.8, 4) is 0 Å². The Balaban J connectivity index is 1.36. The first-order valence-corrected chi connectivity index (χ1v) is 9.40. The topological polar surface area (TPSA) is 13.0 Å². The molecule has 4 nitrogen and oxygen atoms in total. The highest BCUT2D eigenvalue weighted by Crippen LogP contribution is 2.40. The predicted molar refractivity (Wildman–Crippen MR) is 93.1 cm³/mol. The Bertz CT molecular complexity index is 341. The summed E-state index contributed by atoms with van der Waals surface area (Å²) in [5.74, 6) is 0. The highest BCUT2D eigenvalue weighted by Gasteiger charge is 2.45. The van der Waals surface area contributed by atoms with Gasteiger partial charge in [0.25, 0.3) is 0 Å². The van der Waals surface area contributed by atoms with E-state index in [-0.39, 0.29) is 0 Å². The molecule has 4 heteroatoms. The SMILES string of the molecule is CC(C)N1CCN(CN2CC3(CCN(C(C)C)CC3)C2)CC1. The number of rotatable bonds is 4. The van der Waals surface area contributed by atoms with Crippen molar-refractivity contribution in [1.29, 1.82) is 0 Å². The number of likely N-dealkylation sites (tertiary alicyclic amines) is 2. The smallest absolute Gasteiger partial charge is 0.0507 e. The minimum atomic E-state index is 0.672. The van der Waals surface area contributed by atoms with Crippen molar-refractivity contribution >= 4 is 0 Å². The Kier molecular flexibility index (Phi) is 5.13. The van der Waals surface area contributed by atoms with Crippen LogP contribution in [0.15, 0.2) is 0 Å². The van der Waals surface area contributed by atoms with E-state index in [4.69, 9.17) is 0 Å². The van der Waals surface area contributed by atoms with Gasteiger partial charge in [0.2, 0.25) is 0 Å². The van der Waals surface area contributed by atoms with E-state index >= 15 is 0 Å². The van der Waals surface area contributed by atoms with Crippen LogP contribution in [0.2, 0.25) is 0 Å². The Morgan fingerprint density at radius 3 is 1.68 bits per heavy atom. The van der Waals surface area contributed by atoms with Gasteiger partial charge in [0.1, 0.15) is 0 Å². The minimum Gasteiger partial charge on any atom is -0.301 e. The number of piperidine rings is 1. The van der Waals surface area contributed by atoms with Gasteiger partial charge in [-0.2, -0.15) is 0 Å². The van der Waals surface area contributed by atoms with Crippen molar-refractivity contribution in [3.05, 3.63) is 0 Å². The molecule has 0 N–H and O–H groups in total. The second-order valence-electron chi connectivity index (χ2n) is 8.51. The van der Waals surface area contributed by atoms with Crippen LogP contribution >= 0.6 is 0 Å². The van der Waals surface area contributed by atoms with Crippen LogP contribution < -0.4 is 0 Å². The lowest BCUT2D eigenvalue weighted by atomic mass is 9.72. The summed E-state index contributed by atoms with van der Waals surface area (Å²) < 4.78 is 0. The number of hydrogen-bond donors (Lipinski definition) is 0. The first-order chi connectivity index (χ1) is 10.5. The lowest BCUT2D eigenvalue weighted by molar-refractivity contribution is -0.0798. The zero-order valence-electron chi connectivity index (χ0n) is 15.2. The minimum absolute atomic E-state index is 0.672. The summed E-state index contributed by atoms with van der Waals surface area (Å²) in [7, 11) is 0. The second-order valence-corrected chi connectivity index (χ2v) is 8.51. The summed E-state index contributed by atoms with van der Waals surface area (Å²) in [5.41, 5.74) is 0.672. The molecule has 3 rings (SSSR count). The Hall–Kier alpha value is -0.160. The van der Waals surface area contributed by atoms with Gasteiger partial charge in [-0.1, -0.05) is 0 Å². The van der Waals surface area contributed by atoms with E-state index in [1.807, 2.05) is 0 Å². The van der Waals surface area contributed by atoms with Gasteiger partial charge in [0.05, 0.1) is 6.67 Å². The number of nitrogens with zero attached hydrogens (tertiary/aromatic N) is 4. The largest absolute Gasteiger partial charge is 0.301 e. The quantitative estimate of drug-likeness (QED) is 0.785. The van der Waals surface area contributed by atoms with Crippen molar-refractivity contribution in [2.24, 2.45) is 5.41 Å². The summed E-state index contributed by atoms with van der Waals surface area (Å²) in [4.78, 5) is 10.6. The van der Waals surface area contributed by atoms with Crippen molar-refractivity contribution in [3.63, 3.8) is 0 Å². The molecule has 3 heterocycles. The van der Waals surface area contributed by atoms with Crippen LogP contribution in [0.25, 0.3) is 0 Å². The Morgan fingerprint density at radius 2 is 1.18 bits per heavy atom. The molecule has 3 aliphatic rings. The van der Waals surface area contributed by atoms with Gasteiger partial charge in [-0.3, -0.25) is 14.7 Å². The third-order valence-electron chi connectivity index (χ3n) is 6.24. The standard InChI is InChI=1S/C18H36N4/c1-16(2)21-7-5-18(6-8-21)13-20(14-18)15-19-9-11-22(12-10-19)17(3)4/h16-17H,5-15H2,1-4H3. The fraction of sp³-hybridized carbons (Fsp3) is 1.00. The van der Waals surface area contributed by atoms with E-state index in [0.29, 0.717) is 11.5 Å². The van der Waals surface area contributed by atoms with Crippen LogP contribution in [0.3, 0.4) is 0 Å². The van der Waals surface area contributed by atoms with Gasteiger partial charge in [0, 0.05) is 51.4 Å². The number of hydrogen-bond acceptors (Lipinski definition) is 4. The van der Waals surface area contributed by atoms with E-state index in [0.717, 1.165) is 6.04 Å². The van der Waals surface area contributed by atoms with Crippen LogP contribution in [0.1, 0.15) is 40.5 Å². The average molecular weight is 309 g/mol. The molecule has 0 aromatic carbocycles. The van der Waals surface area contributed by atoms with Gasteiger partial charge < -0.3 is 4.90 Å². The van der Waals surface area contributed by atoms with E-state index < -0.39 is 0 Å². The molecule has 1 spiro atoms. The fourth-order valence-corrected chi connectivity index (χ4v) is 4.54. The molecule has 3 saturated heterocycles. The van der Waals surface area contributed by atoms with Crippen molar-refractivity contribution in [1.82, 2.24) is 19.6 Å². The fourth-order valence-electron chi connectivity index (χ4n) is 4.54. The zero-order valence-corrected chi connectivity index (χ0v) is 15.2. The lowest BCUT2D eigenvalue weighted by Gasteiger charge is -2.56. The summed E-state index contributed by atoms with van der Waals surface area (Å²) in [6.07, 6.45) is 2.84. The van der Waals surface area contributed by atoms with E-state index in [1.165, 1.54) is 71.9 Å². The molecule has 0 radical (unpaired) electrons. The summed E-state index contributed by atoms with van der Waals surface area (Å²) >= 11 is 0. The molecule has 3 aliphatic heterocycles. The van der Waals surface area contributed by atoms with Crippen LogP contribution in [0.4, 0.5) is 0 Å². The molecule has 3 fully saturated rings. The molecule has 0 atom stereocenters. The summed E-state index contributed by atoms with van der Waals surface area (Å²) in [5, 5.41) is 0. The molecular formula is C18H36N4. The van der Waals surface area contributed by atoms with Gasteiger partial charge >= 0.3 is 0 Å². The number of piperazine rings is 1. The maximum atomic E-state index is 2.69. The van der Waals surface area contributed by atoms with E-state index in [1.54, 1.807) is 0 Å². The predicted octanol–water partition coefficient (Wildman–Crippen LogP) is 1.78. The maximum absolute atomic E-state index is 2.69. The van der Waals surface area contributed by atoms with Crippen LogP contribution in [-0.2, 0) is 0 Å². The van der Waals surface area contributed by atoms with Crippen LogP contribution in [0.5, 0.6) is 0 Å². The van der Waals surface area contributed by atoms with E-state index in [9.17, 15) is 0 Å². The third-order valence-corrected chi connectivity index (χ3v) is 6.24. The van der Waals surface area contributed by atoms with E-state index in [2.05, 4.69) is 47.3 Å². The molecule has 0 aromatic heterocycles. The normalized spacial score (nSPS) is 28.6. The molecule has 0 amide bonds. The summed E-state index contributed by atoms with van der Waals surface area (Å²) in [6.45, 7) is 20.9. The van der Waals surface area contributed by atoms with Crippen LogP contribution in [0, 0.1) is 5.41 Å². The van der Waals surface area contributed by atoms with Crippen molar-refractivity contribution in [2.75, 3.05) is 59.0 Å². The second kappa shape index (κ2) is 6.76. The third kappa shape index (κ3) is 3.66. The molecule has 0 unspecified atom stereocenters. The molecule has 0 aliphatic carbocycles. The first-order valence-electron chi connectivity index (χ1n) is 9.40. The van der Waals surface area contributed by atoms with Gasteiger partial charge in [-0.25, -0.2) is 0 Å². The van der Waals surface area contributed by atoms with Crippen molar-refractivity contribution < 1.29 is 0 Å². The molecule has 0 aromatic rings. The Morgan fingerprint density at radius 1 is 0.682 bits per heavy atom. The molecule has 22 heavy (non-hydrogen) atoms. The van der Waals surface area contributed by atoms with Crippen LogP contribution in [-0.4, -0.2) is 90.7 Å². The molecule has 0 saturated carbocycles. The average Bonchev–Trinajstić information content (AvgIpc) is 2.46. The highest BCUT2D eigenvalue weighted by molar-refractivity contribution is 4.98. The summed E-state index contributed by atoms with van der Waals surface area (Å²) in [6, 6.07) is 1.44. The first kappa shape index (κ1) is 16.7. The molecule has 128 valence electrons. The monoisotopic (exact) mass is 308 g/mol. The lowest BCUT2D eigenvalue weighted by Crippen LogP contribution is -2.63. The van der Waals surface area contributed by atoms with Gasteiger partial charge in [0.15, 0.2) is 0 Å². The zero-order chi connectivity index (χ0) is 15.7. The van der Waals surface area contributed by atoms with Gasteiger partial charge in [-0.15, -0.1) is 0 Å².